The van der Waals surface area contributed by atoms with Crippen molar-refractivity contribution >= 4 is 27.3 Å². The monoisotopic (exact) mass is 443 g/mol. The van der Waals surface area contributed by atoms with Gasteiger partial charge in [-0.1, -0.05) is 37.3 Å². The third-order valence-electron chi connectivity index (χ3n) is 6.00. The lowest BCUT2D eigenvalue weighted by atomic mass is 9.98. The maximum Gasteiger partial charge on any atom is 0.244 e. The number of carbonyl (C=O) groups is 1. The van der Waals surface area contributed by atoms with Crippen LogP contribution in [0.5, 0.6) is 0 Å². The molecule has 0 bridgehead atoms. The van der Waals surface area contributed by atoms with Crippen molar-refractivity contribution < 1.29 is 13.2 Å². The lowest BCUT2D eigenvalue weighted by Gasteiger charge is -2.32. The van der Waals surface area contributed by atoms with Gasteiger partial charge in [-0.15, -0.1) is 0 Å². The van der Waals surface area contributed by atoms with Crippen LogP contribution in [0.3, 0.4) is 0 Å². The summed E-state index contributed by atoms with van der Waals surface area (Å²) in [7, 11) is -3.62. The van der Waals surface area contributed by atoms with Crippen LogP contribution < -0.4 is 14.5 Å². The molecule has 168 valence electrons. The highest BCUT2D eigenvalue weighted by Crippen LogP contribution is 2.25. The third kappa shape index (κ3) is 5.79. The average Bonchev–Trinajstić information content (AvgIpc) is 2.74. The molecule has 1 aliphatic heterocycles. The van der Waals surface area contributed by atoms with Crippen LogP contribution in [0, 0.1) is 5.92 Å². The van der Waals surface area contributed by atoms with Crippen molar-refractivity contribution in [1.29, 1.82) is 0 Å². The number of amides is 1. The standard InChI is InChI=1S/C24H33N3O3S/c1-18-14-16-26(17-15-18)22-12-10-21(11-13-22)19(2)25-24(28)20(3)27(31(4,29)30)23-8-6-5-7-9-23/h5-13,18-20H,14-17H2,1-4H3,(H,25,28)/t19-,20+/m1/s1. The van der Waals surface area contributed by atoms with Crippen molar-refractivity contribution in [3.63, 3.8) is 0 Å². The van der Waals surface area contributed by atoms with Crippen molar-refractivity contribution in [2.24, 2.45) is 5.92 Å². The van der Waals surface area contributed by atoms with E-state index >= 15 is 0 Å². The molecule has 6 nitrogen and oxygen atoms in total. The Hall–Kier alpha value is -2.54. The number of carbonyl (C=O) groups excluding carboxylic acids is 1. The second kappa shape index (κ2) is 9.73. The molecule has 2 aromatic rings. The number of hydrogen-bond acceptors (Lipinski definition) is 4. The van der Waals surface area contributed by atoms with E-state index in [2.05, 4.69) is 29.3 Å². The van der Waals surface area contributed by atoms with Crippen molar-refractivity contribution in [1.82, 2.24) is 5.32 Å². The first-order valence-electron chi connectivity index (χ1n) is 10.9. The number of para-hydroxylation sites is 1. The number of sulfonamides is 1. The molecule has 7 heteroatoms. The Balaban J connectivity index is 1.67. The Bertz CT molecular complexity index is 969. The van der Waals surface area contributed by atoms with Crippen LogP contribution in [0.1, 0.15) is 45.2 Å². The van der Waals surface area contributed by atoms with Crippen molar-refractivity contribution in [3.05, 3.63) is 60.2 Å². The molecule has 0 spiro atoms. The van der Waals surface area contributed by atoms with E-state index in [1.807, 2.05) is 25.1 Å². The molecule has 0 unspecified atom stereocenters. The van der Waals surface area contributed by atoms with Gasteiger partial charge in [-0.2, -0.15) is 0 Å². The summed E-state index contributed by atoms with van der Waals surface area (Å²) in [5, 5.41) is 2.96. The predicted molar refractivity (Wildman–Crippen MR) is 127 cm³/mol. The molecule has 1 saturated heterocycles. The molecule has 3 rings (SSSR count). The van der Waals surface area contributed by atoms with E-state index in [-0.39, 0.29) is 11.9 Å². The van der Waals surface area contributed by atoms with Crippen LogP contribution in [-0.4, -0.2) is 39.7 Å². The minimum absolute atomic E-state index is 0.234. The number of hydrogen-bond donors (Lipinski definition) is 1. The van der Waals surface area contributed by atoms with Gasteiger partial charge in [-0.05, 0) is 62.4 Å². The molecule has 2 atom stereocenters. The first-order chi connectivity index (χ1) is 14.7. The summed E-state index contributed by atoms with van der Waals surface area (Å²) in [4.78, 5) is 15.3. The highest BCUT2D eigenvalue weighted by atomic mass is 32.2. The average molecular weight is 444 g/mol. The second-order valence-corrected chi connectivity index (χ2v) is 10.4. The van der Waals surface area contributed by atoms with Crippen molar-refractivity contribution in [3.8, 4) is 0 Å². The van der Waals surface area contributed by atoms with E-state index in [1.165, 1.54) is 18.5 Å². The maximum absolute atomic E-state index is 12.9. The van der Waals surface area contributed by atoms with Gasteiger partial charge in [0.1, 0.15) is 6.04 Å². The minimum atomic E-state index is -3.62. The van der Waals surface area contributed by atoms with Crippen LogP contribution in [0.15, 0.2) is 54.6 Å². The Morgan fingerprint density at radius 1 is 1.03 bits per heavy atom. The Morgan fingerprint density at radius 3 is 2.16 bits per heavy atom. The molecule has 0 aromatic heterocycles. The molecule has 0 saturated carbocycles. The van der Waals surface area contributed by atoms with Crippen LogP contribution in [0.25, 0.3) is 0 Å². The summed E-state index contributed by atoms with van der Waals surface area (Å²) < 4.78 is 25.9. The summed E-state index contributed by atoms with van der Waals surface area (Å²) in [6.07, 6.45) is 3.54. The van der Waals surface area contributed by atoms with Gasteiger partial charge in [0.15, 0.2) is 0 Å². The van der Waals surface area contributed by atoms with E-state index in [1.54, 1.807) is 31.2 Å². The molecule has 1 amide bonds. The fourth-order valence-corrected chi connectivity index (χ4v) is 5.22. The van der Waals surface area contributed by atoms with Gasteiger partial charge in [0.25, 0.3) is 0 Å². The van der Waals surface area contributed by atoms with E-state index in [0.29, 0.717) is 5.69 Å². The molecular weight excluding hydrogens is 410 g/mol. The number of anilines is 2. The summed E-state index contributed by atoms with van der Waals surface area (Å²) >= 11 is 0. The lowest BCUT2D eigenvalue weighted by molar-refractivity contribution is -0.122. The summed E-state index contributed by atoms with van der Waals surface area (Å²) in [5.74, 6) is 0.450. The molecular formula is C24H33N3O3S. The van der Waals surface area contributed by atoms with Gasteiger partial charge in [-0.3, -0.25) is 9.10 Å². The Kier molecular flexibility index (Phi) is 7.26. The molecule has 1 aliphatic rings. The minimum Gasteiger partial charge on any atom is -0.372 e. The lowest BCUT2D eigenvalue weighted by Crippen LogP contribution is -2.48. The molecule has 31 heavy (non-hydrogen) atoms. The Labute approximate surface area is 186 Å². The topological polar surface area (TPSA) is 69.7 Å². The van der Waals surface area contributed by atoms with Gasteiger partial charge >= 0.3 is 0 Å². The van der Waals surface area contributed by atoms with Gasteiger partial charge in [0.2, 0.25) is 15.9 Å². The maximum atomic E-state index is 12.9. The fourth-order valence-electron chi connectivity index (χ4n) is 4.04. The molecule has 2 aromatic carbocycles. The van der Waals surface area contributed by atoms with E-state index in [4.69, 9.17) is 0 Å². The number of nitrogens with one attached hydrogen (secondary N) is 1. The first kappa shape index (κ1) is 23.1. The zero-order chi connectivity index (χ0) is 22.6. The van der Waals surface area contributed by atoms with E-state index < -0.39 is 16.1 Å². The highest BCUT2D eigenvalue weighted by Gasteiger charge is 2.29. The van der Waals surface area contributed by atoms with Gasteiger partial charge < -0.3 is 10.2 Å². The number of rotatable bonds is 7. The van der Waals surface area contributed by atoms with Crippen LogP contribution in [0.2, 0.25) is 0 Å². The summed E-state index contributed by atoms with van der Waals surface area (Å²) in [6, 6.07) is 15.9. The third-order valence-corrected chi connectivity index (χ3v) is 7.24. The first-order valence-corrected chi connectivity index (χ1v) is 12.7. The van der Waals surface area contributed by atoms with Crippen molar-refractivity contribution in [2.75, 3.05) is 28.6 Å². The van der Waals surface area contributed by atoms with E-state index in [0.717, 1.165) is 35.1 Å². The van der Waals surface area contributed by atoms with Gasteiger partial charge in [0, 0.05) is 18.8 Å². The molecule has 0 radical (unpaired) electrons. The normalized spacial score (nSPS) is 17.1. The highest BCUT2D eigenvalue weighted by molar-refractivity contribution is 7.92. The SMILES string of the molecule is CC1CCN(c2ccc([C@@H](C)NC(=O)[C@H](C)N(c3ccccc3)S(C)(=O)=O)cc2)CC1. The van der Waals surface area contributed by atoms with Crippen molar-refractivity contribution in [2.45, 2.75) is 45.7 Å². The number of piperidine rings is 1. The molecule has 1 heterocycles. The molecule has 1 fully saturated rings. The second-order valence-electron chi connectivity index (χ2n) is 8.56. The Morgan fingerprint density at radius 2 is 1.61 bits per heavy atom. The molecule has 1 N–H and O–H groups in total. The van der Waals surface area contributed by atoms with Gasteiger partial charge in [-0.25, -0.2) is 8.42 Å². The largest absolute Gasteiger partial charge is 0.372 e. The predicted octanol–water partition coefficient (Wildman–Crippen LogP) is 3.95. The van der Waals surface area contributed by atoms with Crippen LogP contribution in [0.4, 0.5) is 11.4 Å². The zero-order valence-corrected chi connectivity index (χ0v) is 19.6. The van der Waals surface area contributed by atoms with Gasteiger partial charge in [0.05, 0.1) is 18.0 Å². The van der Waals surface area contributed by atoms with Crippen LogP contribution >= 0.6 is 0 Å². The number of nitrogens with zero attached hydrogens (tertiary/aromatic N) is 2. The van der Waals surface area contributed by atoms with Crippen LogP contribution in [-0.2, 0) is 14.8 Å². The quantitative estimate of drug-likeness (QED) is 0.703. The van der Waals surface area contributed by atoms with E-state index in [9.17, 15) is 13.2 Å². The summed E-state index contributed by atoms with van der Waals surface area (Å²) in [6.45, 7) is 7.97. The fraction of sp³-hybridized carbons (Fsp3) is 0.458. The smallest absolute Gasteiger partial charge is 0.244 e. The number of benzene rings is 2. The molecule has 0 aliphatic carbocycles. The summed E-state index contributed by atoms with van der Waals surface area (Å²) in [5.41, 5.74) is 2.66. The zero-order valence-electron chi connectivity index (χ0n) is 18.8.